The molecule has 1 fully saturated rings. The summed E-state index contributed by atoms with van der Waals surface area (Å²) in [6.45, 7) is 7.75. The van der Waals surface area contributed by atoms with E-state index in [1.807, 2.05) is 0 Å². The second-order valence-electron chi connectivity index (χ2n) is 6.07. The van der Waals surface area contributed by atoms with E-state index in [1.165, 1.54) is 38.3 Å². The van der Waals surface area contributed by atoms with Crippen molar-refractivity contribution >= 4 is 11.8 Å². The third kappa shape index (κ3) is 4.97. The molecular weight excluding hydrogens is 268 g/mol. The van der Waals surface area contributed by atoms with E-state index in [0.29, 0.717) is 17.8 Å². The van der Waals surface area contributed by atoms with Crippen molar-refractivity contribution in [1.82, 2.24) is 14.9 Å². The molecule has 1 aliphatic rings. The predicted molar refractivity (Wildman–Crippen MR) is 81.5 cm³/mol. The van der Waals surface area contributed by atoms with Crippen LogP contribution in [0.3, 0.4) is 0 Å². The van der Waals surface area contributed by atoms with Gasteiger partial charge in [-0.2, -0.15) is 0 Å². The summed E-state index contributed by atoms with van der Waals surface area (Å²) in [5.74, 6) is 0.186. The second-order valence-corrected chi connectivity index (χ2v) is 6.07. The van der Waals surface area contributed by atoms with Gasteiger partial charge in [0, 0.05) is 12.6 Å². The Hall–Kier alpha value is -1.69. The fraction of sp³-hybridized carbons (Fsp3) is 0.667. The number of anilines is 1. The molecule has 0 aromatic carbocycles. The summed E-state index contributed by atoms with van der Waals surface area (Å²) < 4.78 is 0. The van der Waals surface area contributed by atoms with Crippen LogP contribution in [0.4, 0.5) is 5.82 Å². The molecule has 0 aliphatic carbocycles. The Kier molecular flexibility index (Phi) is 5.50. The standard InChI is InChI=1S/C15H24N4O2/c1-11(2)7-12(10-19-5-3-4-6-19)18-14-9-16-13(8-17-14)15(20)21/h8-9,11-12H,3-7,10H2,1-2H3,(H,17,18)(H,20,21)/t12-/m0/s1. The van der Waals surface area contributed by atoms with E-state index in [1.54, 1.807) is 0 Å². The first-order chi connectivity index (χ1) is 10.0. The monoisotopic (exact) mass is 292 g/mol. The third-order valence-corrected chi connectivity index (χ3v) is 3.66. The molecule has 1 aliphatic heterocycles. The Morgan fingerprint density at radius 3 is 2.57 bits per heavy atom. The van der Waals surface area contributed by atoms with Crippen LogP contribution in [0, 0.1) is 5.92 Å². The molecule has 2 heterocycles. The van der Waals surface area contributed by atoms with Crippen LogP contribution in [0.2, 0.25) is 0 Å². The van der Waals surface area contributed by atoms with Gasteiger partial charge in [-0.3, -0.25) is 0 Å². The van der Waals surface area contributed by atoms with Gasteiger partial charge in [-0.1, -0.05) is 13.8 Å². The fourth-order valence-electron chi connectivity index (χ4n) is 2.75. The number of nitrogens with zero attached hydrogens (tertiary/aromatic N) is 3. The number of likely N-dealkylation sites (tertiary alicyclic amines) is 1. The van der Waals surface area contributed by atoms with Crippen molar-refractivity contribution in [2.24, 2.45) is 5.92 Å². The molecule has 116 valence electrons. The molecule has 0 unspecified atom stereocenters. The zero-order chi connectivity index (χ0) is 15.2. The van der Waals surface area contributed by atoms with Crippen LogP contribution in [-0.2, 0) is 0 Å². The average molecular weight is 292 g/mol. The smallest absolute Gasteiger partial charge is 0.356 e. The molecule has 0 bridgehead atoms. The minimum atomic E-state index is -1.05. The van der Waals surface area contributed by atoms with E-state index in [-0.39, 0.29) is 5.69 Å². The zero-order valence-electron chi connectivity index (χ0n) is 12.7. The molecule has 0 spiro atoms. The lowest BCUT2D eigenvalue weighted by molar-refractivity contribution is 0.0690. The Labute approximate surface area is 125 Å². The molecule has 6 nitrogen and oxygen atoms in total. The van der Waals surface area contributed by atoms with Crippen molar-refractivity contribution in [3.05, 3.63) is 18.1 Å². The first kappa shape index (κ1) is 15.7. The fourth-order valence-corrected chi connectivity index (χ4v) is 2.75. The molecule has 1 atom stereocenters. The summed E-state index contributed by atoms with van der Waals surface area (Å²) in [5.41, 5.74) is -0.0273. The summed E-state index contributed by atoms with van der Waals surface area (Å²) in [4.78, 5) is 21.3. The number of carboxylic acid groups (broad SMARTS) is 1. The number of rotatable bonds is 7. The summed E-state index contributed by atoms with van der Waals surface area (Å²) in [6, 6.07) is 0.313. The second kappa shape index (κ2) is 7.36. The maximum atomic E-state index is 10.8. The summed E-state index contributed by atoms with van der Waals surface area (Å²) in [6.07, 6.45) is 6.41. The van der Waals surface area contributed by atoms with Crippen LogP contribution in [0.15, 0.2) is 12.4 Å². The summed E-state index contributed by atoms with van der Waals surface area (Å²) in [7, 11) is 0. The maximum Gasteiger partial charge on any atom is 0.356 e. The topological polar surface area (TPSA) is 78.4 Å². The van der Waals surface area contributed by atoms with Gasteiger partial charge >= 0.3 is 5.97 Å². The van der Waals surface area contributed by atoms with Gasteiger partial charge in [-0.25, -0.2) is 14.8 Å². The van der Waals surface area contributed by atoms with E-state index in [4.69, 9.17) is 5.11 Å². The maximum absolute atomic E-state index is 10.8. The highest BCUT2D eigenvalue weighted by Crippen LogP contribution is 2.15. The highest BCUT2D eigenvalue weighted by molar-refractivity contribution is 5.84. The van der Waals surface area contributed by atoms with Gasteiger partial charge in [-0.05, 0) is 38.3 Å². The normalized spacial score (nSPS) is 17.1. The predicted octanol–water partition coefficient (Wildman–Crippen LogP) is 2.10. The Morgan fingerprint density at radius 1 is 1.33 bits per heavy atom. The number of nitrogens with one attached hydrogen (secondary N) is 1. The molecule has 2 N–H and O–H groups in total. The third-order valence-electron chi connectivity index (χ3n) is 3.66. The minimum absolute atomic E-state index is 0.0273. The van der Waals surface area contributed by atoms with Crippen molar-refractivity contribution in [2.45, 2.75) is 39.2 Å². The minimum Gasteiger partial charge on any atom is -0.476 e. The van der Waals surface area contributed by atoms with E-state index in [9.17, 15) is 4.79 Å². The van der Waals surface area contributed by atoms with Crippen LogP contribution < -0.4 is 5.32 Å². The molecule has 2 rings (SSSR count). The lowest BCUT2D eigenvalue weighted by Gasteiger charge is -2.26. The SMILES string of the molecule is CC(C)C[C@@H](CN1CCCC1)Nc1cnc(C(=O)O)cn1. The van der Waals surface area contributed by atoms with Crippen molar-refractivity contribution in [3.63, 3.8) is 0 Å². The first-order valence-electron chi connectivity index (χ1n) is 7.59. The van der Waals surface area contributed by atoms with Crippen LogP contribution in [0.5, 0.6) is 0 Å². The number of aromatic carboxylic acids is 1. The van der Waals surface area contributed by atoms with E-state index >= 15 is 0 Å². The number of carboxylic acids is 1. The molecule has 6 heteroatoms. The van der Waals surface area contributed by atoms with Crippen LogP contribution in [0.25, 0.3) is 0 Å². The number of hydrogen-bond donors (Lipinski definition) is 2. The number of hydrogen-bond acceptors (Lipinski definition) is 5. The van der Waals surface area contributed by atoms with Crippen molar-refractivity contribution in [3.8, 4) is 0 Å². The first-order valence-corrected chi connectivity index (χ1v) is 7.59. The summed E-state index contributed by atoms with van der Waals surface area (Å²) >= 11 is 0. The van der Waals surface area contributed by atoms with Crippen LogP contribution in [0.1, 0.15) is 43.6 Å². The largest absolute Gasteiger partial charge is 0.476 e. The molecule has 0 radical (unpaired) electrons. The van der Waals surface area contributed by atoms with Crippen molar-refractivity contribution in [1.29, 1.82) is 0 Å². The molecule has 1 aromatic heterocycles. The molecule has 0 saturated carbocycles. The highest BCUT2D eigenvalue weighted by Gasteiger charge is 2.19. The van der Waals surface area contributed by atoms with Crippen molar-refractivity contribution in [2.75, 3.05) is 25.0 Å². The van der Waals surface area contributed by atoms with Gasteiger partial charge in [-0.15, -0.1) is 0 Å². The average Bonchev–Trinajstić information content (AvgIpc) is 2.91. The van der Waals surface area contributed by atoms with Gasteiger partial charge in [0.15, 0.2) is 5.69 Å². The van der Waals surface area contributed by atoms with Crippen LogP contribution >= 0.6 is 0 Å². The lowest BCUT2D eigenvalue weighted by Crippen LogP contribution is -2.36. The number of aromatic nitrogens is 2. The summed E-state index contributed by atoms with van der Waals surface area (Å²) in [5, 5.41) is 12.2. The van der Waals surface area contributed by atoms with Gasteiger partial charge in [0.25, 0.3) is 0 Å². The van der Waals surface area contributed by atoms with Gasteiger partial charge < -0.3 is 15.3 Å². The highest BCUT2D eigenvalue weighted by atomic mass is 16.4. The number of carbonyl (C=O) groups is 1. The Bertz CT molecular complexity index is 455. The molecular formula is C15H24N4O2. The molecule has 21 heavy (non-hydrogen) atoms. The molecule has 1 saturated heterocycles. The van der Waals surface area contributed by atoms with E-state index in [0.717, 1.165) is 13.0 Å². The molecule has 1 aromatic rings. The van der Waals surface area contributed by atoms with Gasteiger partial charge in [0.1, 0.15) is 5.82 Å². The van der Waals surface area contributed by atoms with Gasteiger partial charge in [0.2, 0.25) is 0 Å². The zero-order valence-corrected chi connectivity index (χ0v) is 12.7. The quantitative estimate of drug-likeness (QED) is 0.801. The van der Waals surface area contributed by atoms with E-state index < -0.39 is 5.97 Å². The Morgan fingerprint density at radius 2 is 2.05 bits per heavy atom. The Balaban J connectivity index is 1.97. The van der Waals surface area contributed by atoms with Crippen LogP contribution in [-0.4, -0.2) is 51.6 Å². The lowest BCUT2D eigenvalue weighted by atomic mass is 10.0. The molecule has 0 amide bonds. The van der Waals surface area contributed by atoms with Gasteiger partial charge in [0.05, 0.1) is 12.4 Å². The van der Waals surface area contributed by atoms with Crippen molar-refractivity contribution < 1.29 is 9.90 Å². The van der Waals surface area contributed by atoms with E-state index in [2.05, 4.69) is 34.0 Å².